The minimum Gasteiger partial charge on any atom is -0.364 e. The zero-order valence-corrected chi connectivity index (χ0v) is 7.89. The lowest BCUT2D eigenvalue weighted by Gasteiger charge is -2.10. The first-order valence-electron chi connectivity index (χ1n) is 4.07. The Balaban J connectivity index is -0.000000500. The van der Waals surface area contributed by atoms with Crippen molar-refractivity contribution in [3.05, 3.63) is 0 Å². The van der Waals surface area contributed by atoms with Gasteiger partial charge in [-0.25, -0.2) is 0 Å². The summed E-state index contributed by atoms with van der Waals surface area (Å²) in [6.45, 7) is 9.14. The molecule has 0 fully saturated rings. The van der Waals surface area contributed by atoms with Crippen LogP contribution in [0.25, 0.3) is 0 Å². The highest BCUT2D eigenvalue weighted by Crippen LogP contribution is 1.86. The molecule has 0 saturated carbocycles. The molecule has 0 aromatic heterocycles. The molecule has 13 heavy (non-hydrogen) atoms. The van der Waals surface area contributed by atoms with E-state index in [0.717, 1.165) is 0 Å². The molecule has 84 valence electrons. The third kappa shape index (κ3) is 18.7. The van der Waals surface area contributed by atoms with E-state index in [2.05, 4.69) is 5.32 Å². The number of hydrogen-bond acceptors (Lipinski definition) is 3. The Morgan fingerprint density at radius 1 is 0.846 bits per heavy atom. The smallest absolute Gasteiger partial charge is 0.0986 e. The molecule has 0 amide bonds. The van der Waals surface area contributed by atoms with Crippen molar-refractivity contribution < 1.29 is 9.47 Å². The van der Waals surface area contributed by atoms with Gasteiger partial charge in [0.15, 0.2) is 0 Å². The average Bonchev–Trinajstić information content (AvgIpc) is 1.85. The van der Waals surface area contributed by atoms with Crippen LogP contribution in [0, 0.1) is 0 Å². The molecule has 3 heteroatoms. The Labute approximate surface area is 83.8 Å². The van der Waals surface area contributed by atoms with E-state index < -0.39 is 0 Å². The Kier molecular flexibility index (Phi) is 17.0. The van der Waals surface area contributed by atoms with E-state index in [1.165, 1.54) is 0 Å². The SMILES string of the molecule is C.C.CC(C)OCNCOC(C)C. The number of hydrogen-bond donors (Lipinski definition) is 1. The maximum absolute atomic E-state index is 5.23. The van der Waals surface area contributed by atoms with E-state index in [1.54, 1.807) is 0 Å². The zero-order chi connectivity index (χ0) is 8.69. The standard InChI is InChI=1S/C8H19NO2.2CH4/c1-7(2)10-5-9-6-11-8(3)4;;/h7-9H,5-6H2,1-4H3;2*1H4. The summed E-state index contributed by atoms with van der Waals surface area (Å²) < 4.78 is 10.5. The van der Waals surface area contributed by atoms with Crippen LogP contribution in [-0.4, -0.2) is 25.7 Å². The van der Waals surface area contributed by atoms with Crippen LogP contribution in [-0.2, 0) is 9.47 Å². The van der Waals surface area contributed by atoms with Gasteiger partial charge in [-0.15, -0.1) is 0 Å². The van der Waals surface area contributed by atoms with Crippen molar-refractivity contribution in [3.8, 4) is 0 Å². The molecule has 0 aromatic carbocycles. The van der Waals surface area contributed by atoms with Crippen LogP contribution in [0.4, 0.5) is 0 Å². The van der Waals surface area contributed by atoms with Gasteiger partial charge in [-0.2, -0.15) is 0 Å². The second-order valence-electron chi connectivity index (χ2n) is 2.97. The van der Waals surface area contributed by atoms with Gasteiger partial charge < -0.3 is 9.47 Å². The molecule has 0 bridgehead atoms. The monoisotopic (exact) mass is 193 g/mol. The zero-order valence-electron chi connectivity index (χ0n) is 7.89. The van der Waals surface area contributed by atoms with Gasteiger partial charge >= 0.3 is 0 Å². The summed E-state index contributed by atoms with van der Waals surface area (Å²) in [7, 11) is 0. The molecule has 0 aliphatic heterocycles. The third-order valence-electron chi connectivity index (χ3n) is 1.04. The molecule has 0 aliphatic carbocycles. The number of ether oxygens (including phenoxy) is 2. The second-order valence-corrected chi connectivity index (χ2v) is 2.97. The van der Waals surface area contributed by atoms with Crippen molar-refractivity contribution in [2.45, 2.75) is 54.8 Å². The van der Waals surface area contributed by atoms with Gasteiger partial charge in [-0.05, 0) is 27.7 Å². The molecular formula is C10H27NO2. The van der Waals surface area contributed by atoms with Crippen molar-refractivity contribution in [2.75, 3.05) is 13.5 Å². The van der Waals surface area contributed by atoms with Gasteiger partial charge in [0.1, 0.15) is 0 Å². The molecule has 0 unspecified atom stereocenters. The lowest BCUT2D eigenvalue weighted by atomic mass is 10.5. The lowest BCUT2D eigenvalue weighted by molar-refractivity contribution is 0.0133. The number of rotatable bonds is 6. The number of nitrogens with one attached hydrogen (secondary N) is 1. The maximum atomic E-state index is 5.23. The normalized spacial score (nSPS) is 9.69. The molecule has 0 aromatic rings. The predicted molar refractivity (Wildman–Crippen MR) is 58.8 cm³/mol. The molecule has 0 atom stereocenters. The molecule has 0 saturated heterocycles. The van der Waals surface area contributed by atoms with Crippen LogP contribution in [0.2, 0.25) is 0 Å². The van der Waals surface area contributed by atoms with E-state index in [4.69, 9.17) is 9.47 Å². The van der Waals surface area contributed by atoms with Gasteiger partial charge in [0.25, 0.3) is 0 Å². The van der Waals surface area contributed by atoms with Gasteiger partial charge in [-0.1, -0.05) is 14.9 Å². The van der Waals surface area contributed by atoms with E-state index in [0.29, 0.717) is 13.5 Å². The van der Waals surface area contributed by atoms with Gasteiger partial charge in [0, 0.05) is 0 Å². The Bertz CT molecular complexity index is 75.0. The topological polar surface area (TPSA) is 30.5 Å². The van der Waals surface area contributed by atoms with Gasteiger partial charge in [0.2, 0.25) is 0 Å². The van der Waals surface area contributed by atoms with Crippen LogP contribution >= 0.6 is 0 Å². The largest absolute Gasteiger partial charge is 0.364 e. The van der Waals surface area contributed by atoms with Crippen molar-refractivity contribution >= 4 is 0 Å². The van der Waals surface area contributed by atoms with E-state index in [9.17, 15) is 0 Å². The molecule has 3 nitrogen and oxygen atoms in total. The predicted octanol–water partition coefficient (Wildman–Crippen LogP) is 2.61. The molecule has 0 spiro atoms. The summed E-state index contributed by atoms with van der Waals surface area (Å²) >= 11 is 0. The van der Waals surface area contributed by atoms with Crippen molar-refractivity contribution in [2.24, 2.45) is 0 Å². The summed E-state index contributed by atoms with van der Waals surface area (Å²) in [5.74, 6) is 0. The third-order valence-corrected chi connectivity index (χ3v) is 1.04. The van der Waals surface area contributed by atoms with Gasteiger partial charge in [-0.3, -0.25) is 5.32 Å². The lowest BCUT2D eigenvalue weighted by Crippen LogP contribution is -2.25. The van der Waals surface area contributed by atoms with Crippen molar-refractivity contribution in [1.29, 1.82) is 0 Å². The van der Waals surface area contributed by atoms with Gasteiger partial charge in [0.05, 0.1) is 25.7 Å². The van der Waals surface area contributed by atoms with Crippen LogP contribution in [0.15, 0.2) is 0 Å². The van der Waals surface area contributed by atoms with Crippen LogP contribution in [0.5, 0.6) is 0 Å². The Morgan fingerprint density at radius 3 is 1.38 bits per heavy atom. The molecule has 0 radical (unpaired) electrons. The molecule has 0 heterocycles. The minimum atomic E-state index is 0. The van der Waals surface area contributed by atoms with Crippen LogP contribution < -0.4 is 5.32 Å². The fourth-order valence-corrected chi connectivity index (χ4v) is 0.493. The molecule has 0 aliphatic rings. The summed E-state index contributed by atoms with van der Waals surface area (Å²) in [5, 5.41) is 3.00. The molecular weight excluding hydrogens is 166 g/mol. The highest BCUT2D eigenvalue weighted by atomic mass is 16.5. The van der Waals surface area contributed by atoms with Crippen LogP contribution in [0.1, 0.15) is 42.5 Å². The summed E-state index contributed by atoms with van der Waals surface area (Å²) in [4.78, 5) is 0. The Morgan fingerprint density at radius 2 is 1.15 bits per heavy atom. The molecule has 1 N–H and O–H groups in total. The summed E-state index contributed by atoms with van der Waals surface area (Å²) in [6, 6.07) is 0. The average molecular weight is 193 g/mol. The molecule has 0 rings (SSSR count). The highest BCUT2D eigenvalue weighted by Gasteiger charge is 1.93. The van der Waals surface area contributed by atoms with Crippen molar-refractivity contribution in [1.82, 2.24) is 5.32 Å². The quantitative estimate of drug-likeness (QED) is 0.519. The highest BCUT2D eigenvalue weighted by molar-refractivity contribution is 4.37. The first-order chi connectivity index (χ1) is 5.13. The second kappa shape index (κ2) is 11.9. The van der Waals surface area contributed by atoms with E-state index in [-0.39, 0.29) is 27.1 Å². The first-order valence-corrected chi connectivity index (χ1v) is 4.07. The fourth-order valence-electron chi connectivity index (χ4n) is 0.493. The van der Waals surface area contributed by atoms with E-state index >= 15 is 0 Å². The van der Waals surface area contributed by atoms with Crippen LogP contribution in [0.3, 0.4) is 0 Å². The van der Waals surface area contributed by atoms with Crippen molar-refractivity contribution in [3.63, 3.8) is 0 Å². The summed E-state index contributed by atoms with van der Waals surface area (Å²) in [6.07, 6.45) is 0.558. The summed E-state index contributed by atoms with van der Waals surface area (Å²) in [5.41, 5.74) is 0. The van der Waals surface area contributed by atoms with E-state index in [1.807, 2.05) is 27.7 Å². The first kappa shape index (κ1) is 18.6. The maximum Gasteiger partial charge on any atom is 0.0986 e. The minimum absolute atomic E-state index is 0. The Hall–Kier alpha value is -0.120. The fraction of sp³-hybridized carbons (Fsp3) is 1.00.